The largest absolute Gasteiger partial charge is 0.364 e. The Balaban J connectivity index is 2.13. The molecule has 1 aromatic carbocycles. The van der Waals surface area contributed by atoms with Crippen molar-refractivity contribution in [1.29, 1.82) is 0 Å². The van der Waals surface area contributed by atoms with Gasteiger partial charge in [0, 0.05) is 22.9 Å². The molecule has 0 saturated heterocycles. The number of benzene rings is 1. The van der Waals surface area contributed by atoms with E-state index in [0.717, 1.165) is 27.9 Å². The van der Waals surface area contributed by atoms with Gasteiger partial charge in [-0.2, -0.15) is 0 Å². The van der Waals surface area contributed by atoms with Gasteiger partial charge in [0.2, 0.25) is 0 Å². The molecule has 1 amide bonds. The molecular weight excluding hydrogens is 348 g/mol. The topological polar surface area (TPSA) is 77.5 Å². The van der Waals surface area contributed by atoms with Gasteiger partial charge in [-0.25, -0.2) is 18.2 Å². The van der Waals surface area contributed by atoms with Crippen LogP contribution in [0.25, 0.3) is 4.96 Å². The minimum absolute atomic E-state index is 0.0470. The van der Waals surface area contributed by atoms with Crippen molar-refractivity contribution < 1.29 is 13.6 Å². The summed E-state index contributed by atoms with van der Waals surface area (Å²) in [4.78, 5) is 29.0. The van der Waals surface area contributed by atoms with Crippen LogP contribution >= 0.6 is 11.3 Å². The highest BCUT2D eigenvalue weighted by molar-refractivity contribution is 7.17. The minimum Gasteiger partial charge on any atom is -0.364 e. The van der Waals surface area contributed by atoms with E-state index in [0.29, 0.717) is 21.1 Å². The summed E-state index contributed by atoms with van der Waals surface area (Å²) in [5, 5.41) is 0. The van der Waals surface area contributed by atoms with Crippen LogP contribution < -0.4 is 11.3 Å². The van der Waals surface area contributed by atoms with Crippen LogP contribution in [0.3, 0.4) is 0 Å². The molecule has 2 N–H and O–H groups in total. The Labute approximate surface area is 144 Å². The fourth-order valence-electron chi connectivity index (χ4n) is 2.56. The summed E-state index contributed by atoms with van der Waals surface area (Å²) < 4.78 is 27.9. The Morgan fingerprint density at radius 2 is 2.04 bits per heavy atom. The molecule has 5 nitrogen and oxygen atoms in total. The minimum atomic E-state index is -1.04. The Morgan fingerprint density at radius 3 is 2.68 bits per heavy atom. The second-order valence-corrected chi connectivity index (χ2v) is 6.50. The van der Waals surface area contributed by atoms with Crippen molar-refractivity contribution in [2.24, 2.45) is 5.73 Å². The fourth-order valence-corrected chi connectivity index (χ4v) is 3.56. The van der Waals surface area contributed by atoms with E-state index in [1.165, 1.54) is 6.07 Å². The molecule has 0 aliphatic carbocycles. The quantitative estimate of drug-likeness (QED) is 0.727. The first-order chi connectivity index (χ1) is 11.8. The van der Waals surface area contributed by atoms with Gasteiger partial charge in [-0.3, -0.25) is 9.59 Å². The lowest BCUT2D eigenvalue weighted by Gasteiger charge is -2.06. The Bertz CT molecular complexity index is 1130. The molecule has 0 fully saturated rings. The number of rotatable bonds is 3. The summed E-state index contributed by atoms with van der Waals surface area (Å²) in [7, 11) is 0. The van der Waals surface area contributed by atoms with Gasteiger partial charge in [0.15, 0.2) is 16.6 Å². The van der Waals surface area contributed by atoms with Gasteiger partial charge in [0.1, 0.15) is 5.69 Å². The van der Waals surface area contributed by atoms with Gasteiger partial charge >= 0.3 is 0 Å². The van der Waals surface area contributed by atoms with E-state index in [4.69, 9.17) is 12.2 Å². The molecule has 3 rings (SSSR count). The number of nitrogens with two attached hydrogens (primary N) is 1. The first-order valence-electron chi connectivity index (χ1n) is 7.08. The number of carbonyl (C=O) groups is 1. The average molecular weight is 359 g/mol. The molecule has 0 bridgehead atoms. The number of amides is 1. The number of halogens is 2. The number of fused-ring (bicyclic) bond motifs is 1. The maximum absolute atomic E-state index is 13.5. The monoisotopic (exact) mass is 359 g/mol. The van der Waals surface area contributed by atoms with Gasteiger partial charge in [0.25, 0.3) is 11.5 Å². The fraction of sp³-hybridized carbons (Fsp3) is 0.118. The number of terminal acetylenes is 1. The predicted molar refractivity (Wildman–Crippen MR) is 89.7 cm³/mol. The third-order valence-corrected chi connectivity index (χ3v) is 4.61. The van der Waals surface area contributed by atoms with Crippen LogP contribution in [0.1, 0.15) is 32.2 Å². The molecule has 0 unspecified atom stereocenters. The van der Waals surface area contributed by atoms with Gasteiger partial charge < -0.3 is 5.73 Å². The lowest BCUT2D eigenvalue weighted by atomic mass is 10.0. The van der Waals surface area contributed by atoms with Gasteiger partial charge in [-0.1, -0.05) is 5.92 Å². The number of hydrogen-bond acceptors (Lipinski definition) is 4. The van der Waals surface area contributed by atoms with Crippen molar-refractivity contribution in [3.8, 4) is 12.3 Å². The Kier molecular flexibility index (Phi) is 4.10. The molecule has 126 valence electrons. The second-order valence-electron chi connectivity index (χ2n) is 5.32. The average Bonchev–Trinajstić information content (AvgIpc) is 2.87. The van der Waals surface area contributed by atoms with E-state index >= 15 is 0 Å². The van der Waals surface area contributed by atoms with E-state index in [9.17, 15) is 18.4 Å². The van der Waals surface area contributed by atoms with Crippen LogP contribution in [-0.4, -0.2) is 15.3 Å². The first kappa shape index (κ1) is 16.8. The van der Waals surface area contributed by atoms with E-state index in [2.05, 4.69) is 10.9 Å². The molecule has 8 heteroatoms. The third kappa shape index (κ3) is 2.90. The molecule has 0 saturated carbocycles. The van der Waals surface area contributed by atoms with E-state index < -0.39 is 23.1 Å². The SMILES string of the molecule is C#Cc1cc(F)c(F)cc1Cc1cc(=O)n2c(C(N)=O)c(C)sc2n1. The smallest absolute Gasteiger partial charge is 0.266 e. The highest BCUT2D eigenvalue weighted by atomic mass is 32.1. The van der Waals surface area contributed by atoms with E-state index in [-0.39, 0.29) is 17.7 Å². The number of carbonyl (C=O) groups excluding carboxylic acids is 1. The van der Waals surface area contributed by atoms with Crippen LogP contribution in [-0.2, 0) is 6.42 Å². The molecule has 2 aromatic heterocycles. The number of primary amides is 1. The van der Waals surface area contributed by atoms with Gasteiger partial charge in [-0.05, 0) is 24.6 Å². The lowest BCUT2D eigenvalue weighted by molar-refractivity contribution is 0.0994. The Morgan fingerprint density at radius 1 is 1.36 bits per heavy atom. The summed E-state index contributed by atoms with van der Waals surface area (Å²) >= 11 is 1.14. The molecule has 0 aliphatic rings. The van der Waals surface area contributed by atoms with E-state index in [1.807, 2.05) is 0 Å². The molecule has 25 heavy (non-hydrogen) atoms. The molecular formula is C17H11F2N3O2S. The van der Waals surface area contributed by atoms with Crippen LogP contribution in [0.5, 0.6) is 0 Å². The molecule has 0 radical (unpaired) electrons. The zero-order chi connectivity index (χ0) is 18.3. The van der Waals surface area contributed by atoms with Crippen LogP contribution in [0.15, 0.2) is 23.0 Å². The number of aromatic nitrogens is 2. The van der Waals surface area contributed by atoms with Crippen molar-refractivity contribution in [3.05, 3.63) is 67.6 Å². The molecule has 0 atom stereocenters. The molecule has 3 aromatic rings. The highest BCUT2D eigenvalue weighted by Crippen LogP contribution is 2.21. The predicted octanol–water partition coefficient (Wildman–Crippen LogP) is 2.01. The van der Waals surface area contributed by atoms with Crippen molar-refractivity contribution in [2.75, 3.05) is 0 Å². The zero-order valence-electron chi connectivity index (χ0n) is 13.0. The summed E-state index contributed by atoms with van der Waals surface area (Å²) in [5.74, 6) is -0.513. The second kappa shape index (κ2) is 6.11. The maximum atomic E-state index is 13.5. The van der Waals surface area contributed by atoms with Crippen molar-refractivity contribution in [1.82, 2.24) is 9.38 Å². The number of thiazole rings is 1. The summed E-state index contributed by atoms with van der Waals surface area (Å²) in [5.41, 5.74) is 5.75. The Hall–Kier alpha value is -3.05. The van der Waals surface area contributed by atoms with Crippen LogP contribution in [0.2, 0.25) is 0 Å². The van der Waals surface area contributed by atoms with Crippen molar-refractivity contribution >= 4 is 22.2 Å². The lowest BCUT2D eigenvalue weighted by Crippen LogP contribution is -2.23. The zero-order valence-corrected chi connectivity index (χ0v) is 13.8. The number of hydrogen-bond donors (Lipinski definition) is 1. The number of nitrogens with zero attached hydrogens (tertiary/aromatic N) is 2. The summed E-state index contributed by atoms with van der Waals surface area (Å²) in [6.45, 7) is 1.66. The van der Waals surface area contributed by atoms with Crippen LogP contribution in [0.4, 0.5) is 8.78 Å². The summed E-state index contributed by atoms with van der Waals surface area (Å²) in [6, 6.07) is 3.13. The standard InChI is InChI=1S/C17H11F2N3O2S/c1-3-9-5-12(18)13(19)6-10(9)4-11-7-14(23)22-15(16(20)24)8(2)25-17(22)21-11/h1,5-7H,4H2,2H3,(H2,20,24). The van der Waals surface area contributed by atoms with Gasteiger partial charge in [-0.15, -0.1) is 17.8 Å². The van der Waals surface area contributed by atoms with Crippen molar-refractivity contribution in [3.63, 3.8) is 0 Å². The highest BCUT2D eigenvalue weighted by Gasteiger charge is 2.18. The maximum Gasteiger partial charge on any atom is 0.266 e. The summed E-state index contributed by atoms with van der Waals surface area (Å²) in [6.07, 6.45) is 5.37. The molecule has 0 spiro atoms. The van der Waals surface area contributed by atoms with Crippen LogP contribution in [0, 0.1) is 30.9 Å². The van der Waals surface area contributed by atoms with Gasteiger partial charge in [0.05, 0.1) is 5.69 Å². The number of aryl methyl sites for hydroxylation is 1. The van der Waals surface area contributed by atoms with E-state index in [1.54, 1.807) is 6.92 Å². The molecule has 0 aliphatic heterocycles. The van der Waals surface area contributed by atoms with Crippen molar-refractivity contribution in [2.45, 2.75) is 13.3 Å². The normalized spacial score (nSPS) is 10.8. The first-order valence-corrected chi connectivity index (χ1v) is 7.90. The third-order valence-electron chi connectivity index (χ3n) is 3.65. The molecule has 2 heterocycles.